The summed E-state index contributed by atoms with van der Waals surface area (Å²) in [5, 5.41) is 28.7. The van der Waals surface area contributed by atoms with E-state index in [1.54, 1.807) is 37.1 Å². The van der Waals surface area contributed by atoms with Gasteiger partial charge in [0.15, 0.2) is 11.4 Å². The van der Waals surface area contributed by atoms with Gasteiger partial charge in [-0.3, -0.25) is 0 Å². The van der Waals surface area contributed by atoms with Crippen LogP contribution in [0.5, 0.6) is 0 Å². The summed E-state index contributed by atoms with van der Waals surface area (Å²) in [4.78, 5) is 23.8. The molecule has 10 nitrogen and oxygen atoms in total. The third-order valence-electron chi connectivity index (χ3n) is 6.94. The third kappa shape index (κ3) is 9.93. The van der Waals surface area contributed by atoms with E-state index in [1.165, 1.54) is 14.2 Å². The van der Waals surface area contributed by atoms with E-state index in [0.29, 0.717) is 5.69 Å². The van der Waals surface area contributed by atoms with Gasteiger partial charge in [-0.25, -0.2) is 19.0 Å². The van der Waals surface area contributed by atoms with Crippen LogP contribution in [-0.2, 0) is 9.47 Å². The summed E-state index contributed by atoms with van der Waals surface area (Å²) < 4.78 is 14.0. The number of methoxy groups -OCH3 is 2. The zero-order chi connectivity index (χ0) is 37.3. The number of halogens is 1. The van der Waals surface area contributed by atoms with Crippen LogP contribution in [0.1, 0.15) is 54.2 Å². The van der Waals surface area contributed by atoms with Gasteiger partial charge in [0.25, 0.3) is 0 Å². The lowest BCUT2D eigenvalue weighted by atomic mass is 10.1. The highest BCUT2D eigenvalue weighted by Crippen LogP contribution is 2.25. The van der Waals surface area contributed by atoms with Crippen molar-refractivity contribution in [1.82, 2.24) is 19.6 Å². The fourth-order valence-corrected chi connectivity index (χ4v) is 4.96. The molecule has 6 aromatic rings. The molecule has 0 radical (unpaired) electrons. The van der Waals surface area contributed by atoms with Crippen LogP contribution in [0.25, 0.3) is 33.2 Å². The maximum Gasteiger partial charge on any atom is 0.359 e. The molecular formula is C40H37BrN4O6. The number of carbonyl (C=O) groups excluding carboxylic acids is 2. The van der Waals surface area contributed by atoms with Crippen LogP contribution >= 0.6 is 15.9 Å². The summed E-state index contributed by atoms with van der Waals surface area (Å²) in [5.74, 6) is 6.98. The van der Waals surface area contributed by atoms with Gasteiger partial charge in [-0.1, -0.05) is 82.2 Å². The molecule has 0 bridgehead atoms. The fourth-order valence-electron chi connectivity index (χ4n) is 4.57. The van der Waals surface area contributed by atoms with Crippen LogP contribution in [0, 0.1) is 24.2 Å². The molecule has 4 aromatic carbocycles. The Morgan fingerprint density at radius 3 is 1.59 bits per heavy atom. The highest BCUT2D eigenvalue weighted by Gasteiger charge is 2.19. The number of ether oxygens (including phenoxy) is 2. The Hall–Kier alpha value is -5.72. The van der Waals surface area contributed by atoms with Gasteiger partial charge in [0.1, 0.15) is 11.2 Å². The van der Waals surface area contributed by atoms with E-state index in [1.807, 2.05) is 97.1 Å². The molecule has 0 unspecified atom stereocenters. The van der Waals surface area contributed by atoms with Crippen molar-refractivity contribution < 1.29 is 29.3 Å². The summed E-state index contributed by atoms with van der Waals surface area (Å²) >= 11 is 3.44. The maximum absolute atomic E-state index is 12.0. The average Bonchev–Trinajstić information content (AvgIpc) is 3.70. The van der Waals surface area contributed by atoms with Crippen molar-refractivity contribution in [2.75, 3.05) is 14.2 Å². The van der Waals surface area contributed by atoms with Gasteiger partial charge in [0.05, 0.1) is 36.6 Å². The zero-order valence-corrected chi connectivity index (χ0v) is 30.6. The minimum absolute atomic E-state index is 0.270. The molecule has 0 amide bonds. The van der Waals surface area contributed by atoms with Crippen molar-refractivity contribution in [3.63, 3.8) is 0 Å². The molecule has 0 fully saturated rings. The van der Waals surface area contributed by atoms with Gasteiger partial charge in [0.2, 0.25) is 0 Å². The molecule has 0 saturated carbocycles. The first-order valence-corrected chi connectivity index (χ1v) is 16.4. The molecule has 2 aromatic heterocycles. The number of carbonyl (C=O) groups is 2. The fraction of sp³-hybridized carbons (Fsp3) is 0.200. The van der Waals surface area contributed by atoms with E-state index in [4.69, 9.17) is 21.0 Å². The Balaban J connectivity index is 0.000000201. The Labute approximate surface area is 304 Å². The number of benzene rings is 4. The van der Waals surface area contributed by atoms with E-state index in [9.17, 15) is 14.7 Å². The molecule has 6 rings (SSSR count). The molecule has 0 spiro atoms. The largest absolute Gasteiger partial charge is 0.464 e. The number of rotatable bonds is 4. The minimum Gasteiger partial charge on any atom is -0.464 e. The molecule has 260 valence electrons. The summed E-state index contributed by atoms with van der Waals surface area (Å²) in [7, 11) is 2.69. The molecule has 0 saturated heterocycles. The lowest BCUT2D eigenvalue weighted by molar-refractivity contribution is 0.0587. The molecule has 51 heavy (non-hydrogen) atoms. The van der Waals surface area contributed by atoms with E-state index < -0.39 is 23.1 Å². The monoisotopic (exact) mass is 748 g/mol. The number of terminal acetylenes is 1. The van der Waals surface area contributed by atoms with Crippen LogP contribution < -0.4 is 0 Å². The van der Waals surface area contributed by atoms with Gasteiger partial charge < -0.3 is 19.7 Å². The molecule has 0 aliphatic carbocycles. The van der Waals surface area contributed by atoms with Crippen molar-refractivity contribution in [2.24, 2.45) is 0 Å². The summed E-state index contributed by atoms with van der Waals surface area (Å²) in [6.45, 7) is 6.39. The third-order valence-corrected chi connectivity index (χ3v) is 7.43. The minimum atomic E-state index is -1.06. The number of aromatic nitrogens is 4. The Kier molecular flexibility index (Phi) is 12.2. The molecule has 2 heterocycles. The van der Waals surface area contributed by atoms with Gasteiger partial charge in [-0.15, -0.1) is 6.42 Å². The normalized spacial score (nSPS) is 10.8. The molecule has 0 aliphatic rings. The predicted molar refractivity (Wildman–Crippen MR) is 201 cm³/mol. The highest BCUT2D eigenvalue weighted by molar-refractivity contribution is 9.10. The second-order valence-electron chi connectivity index (χ2n) is 12.1. The molecule has 11 heteroatoms. The molecule has 0 atom stereocenters. The Morgan fingerprint density at radius 1 is 0.706 bits per heavy atom. The van der Waals surface area contributed by atoms with Crippen LogP contribution in [0.3, 0.4) is 0 Å². The second-order valence-corrected chi connectivity index (χ2v) is 13.0. The van der Waals surface area contributed by atoms with E-state index in [2.05, 4.69) is 43.9 Å². The number of esters is 2. The number of hydrogen-bond acceptors (Lipinski definition) is 8. The highest BCUT2D eigenvalue weighted by atomic mass is 79.9. The van der Waals surface area contributed by atoms with Gasteiger partial charge >= 0.3 is 11.9 Å². The van der Waals surface area contributed by atoms with Crippen LogP contribution in [-0.4, -0.2) is 67.1 Å². The van der Waals surface area contributed by atoms with Crippen molar-refractivity contribution in [2.45, 2.75) is 38.9 Å². The lowest BCUT2D eigenvalue weighted by Crippen LogP contribution is -2.14. The SMILES string of the molecule is C#CC(C)(C)O.COC(=O)c1nn(-c2cccc(Br)c2)c2ccccc12.COC(=O)c1nn(-c2cccc(C#CC(C)(C)O)c2)c2ccccc12. The number of aliphatic hydroxyl groups is 2. The van der Waals surface area contributed by atoms with Crippen molar-refractivity contribution in [3.8, 4) is 35.6 Å². The standard InChI is InChI=1S/C20H18N2O3.C15H11BrN2O2.C5H8O/c1-20(2,24)12-11-14-7-6-8-15(13-14)22-17-10-5-4-9-16(17)18(21-22)19(23)25-3;1-20-15(19)14-12-7-2-3-8-13(12)18(17-14)11-6-4-5-10(16)9-11;1-4-5(2,3)6/h4-10,13,24H,1-3H3;2-9H,1H3;1,6H,2-3H3. The second kappa shape index (κ2) is 16.3. The van der Waals surface area contributed by atoms with Crippen LogP contribution in [0.2, 0.25) is 0 Å². The summed E-state index contributed by atoms with van der Waals surface area (Å²) in [6, 6.07) is 30.3. The smallest absolute Gasteiger partial charge is 0.359 e. The first-order valence-electron chi connectivity index (χ1n) is 15.6. The topological polar surface area (TPSA) is 129 Å². The van der Waals surface area contributed by atoms with Crippen molar-refractivity contribution in [3.05, 3.63) is 118 Å². The van der Waals surface area contributed by atoms with E-state index in [0.717, 1.165) is 43.2 Å². The van der Waals surface area contributed by atoms with Gasteiger partial charge in [-0.05, 0) is 76.2 Å². The lowest BCUT2D eigenvalue weighted by Gasteiger charge is -2.07. The number of hydrogen-bond donors (Lipinski definition) is 2. The summed E-state index contributed by atoms with van der Waals surface area (Å²) in [5.41, 5.74) is 2.67. The van der Waals surface area contributed by atoms with E-state index in [-0.39, 0.29) is 5.69 Å². The van der Waals surface area contributed by atoms with Gasteiger partial charge in [-0.2, -0.15) is 10.2 Å². The predicted octanol–water partition coefficient (Wildman–Crippen LogP) is 6.90. The van der Waals surface area contributed by atoms with Crippen LogP contribution in [0.15, 0.2) is 102 Å². The Bertz CT molecular complexity index is 2290. The molecule has 0 aliphatic heterocycles. The van der Waals surface area contributed by atoms with E-state index >= 15 is 0 Å². The molecule has 2 N–H and O–H groups in total. The maximum atomic E-state index is 12.0. The quantitative estimate of drug-likeness (QED) is 0.147. The number of nitrogens with zero attached hydrogens (tertiary/aromatic N) is 4. The summed E-state index contributed by atoms with van der Waals surface area (Å²) in [6.07, 6.45) is 4.81. The molecular weight excluding hydrogens is 712 g/mol. The number of fused-ring (bicyclic) bond motifs is 2. The zero-order valence-electron chi connectivity index (χ0n) is 29.0. The van der Waals surface area contributed by atoms with Gasteiger partial charge in [0, 0.05) is 20.8 Å². The van der Waals surface area contributed by atoms with Crippen molar-refractivity contribution in [1.29, 1.82) is 0 Å². The van der Waals surface area contributed by atoms with Crippen LogP contribution in [0.4, 0.5) is 0 Å². The average molecular weight is 750 g/mol. The first kappa shape index (κ1) is 38.1. The number of para-hydroxylation sites is 2. The van der Waals surface area contributed by atoms with Crippen molar-refractivity contribution >= 4 is 49.7 Å². The Morgan fingerprint density at radius 2 is 1.16 bits per heavy atom. The first-order chi connectivity index (χ1) is 24.2.